The number of hydrogen-bond donors (Lipinski definition) is 4. The van der Waals surface area contributed by atoms with E-state index in [-0.39, 0.29) is 24.6 Å². The monoisotopic (exact) mass is 314 g/mol. The summed E-state index contributed by atoms with van der Waals surface area (Å²) >= 11 is 0. The topological polar surface area (TPSA) is 135 Å². The van der Waals surface area contributed by atoms with Crippen molar-refractivity contribution >= 4 is 5.91 Å². The van der Waals surface area contributed by atoms with Gasteiger partial charge >= 0.3 is 0 Å². The molecular formula is C14H22N2O6. The molecule has 1 rings (SSSR count). The SMILES string of the molecule is CCCCOc1c(C(N)=O)n(CC(O)C(O)CO)ccc1=O. The fourth-order valence-electron chi connectivity index (χ4n) is 1.86. The van der Waals surface area contributed by atoms with Crippen LogP contribution in [0.2, 0.25) is 0 Å². The number of carbonyl (C=O) groups is 1. The van der Waals surface area contributed by atoms with Gasteiger partial charge in [0.15, 0.2) is 11.4 Å². The summed E-state index contributed by atoms with van der Waals surface area (Å²) in [4.78, 5) is 23.5. The maximum Gasteiger partial charge on any atom is 0.269 e. The van der Waals surface area contributed by atoms with Gasteiger partial charge in [0.05, 0.1) is 25.9 Å². The Morgan fingerprint density at radius 1 is 1.41 bits per heavy atom. The summed E-state index contributed by atoms with van der Waals surface area (Å²) in [6.07, 6.45) is 0.147. The molecule has 1 amide bonds. The number of ether oxygens (including phenoxy) is 1. The smallest absolute Gasteiger partial charge is 0.269 e. The summed E-state index contributed by atoms with van der Waals surface area (Å²) in [5.74, 6) is -1.05. The fourth-order valence-corrected chi connectivity index (χ4v) is 1.86. The van der Waals surface area contributed by atoms with Crippen LogP contribution in [0.5, 0.6) is 5.75 Å². The van der Waals surface area contributed by atoms with Gasteiger partial charge in [0.1, 0.15) is 6.10 Å². The van der Waals surface area contributed by atoms with Crippen LogP contribution in [0.3, 0.4) is 0 Å². The third-order valence-corrected chi connectivity index (χ3v) is 3.12. The minimum absolute atomic E-state index is 0.172. The molecule has 0 saturated heterocycles. The maximum atomic E-state index is 11.9. The first-order chi connectivity index (χ1) is 10.4. The number of pyridine rings is 1. The van der Waals surface area contributed by atoms with Gasteiger partial charge in [-0.25, -0.2) is 0 Å². The van der Waals surface area contributed by atoms with Crippen molar-refractivity contribution in [2.45, 2.75) is 38.5 Å². The van der Waals surface area contributed by atoms with Gasteiger partial charge in [-0.3, -0.25) is 9.59 Å². The number of unbranched alkanes of at least 4 members (excludes halogenated alkanes) is 1. The van der Waals surface area contributed by atoms with E-state index in [0.717, 1.165) is 6.42 Å². The lowest BCUT2D eigenvalue weighted by Gasteiger charge is -2.20. The predicted molar refractivity (Wildman–Crippen MR) is 78.7 cm³/mol. The number of amides is 1. The molecule has 5 N–H and O–H groups in total. The molecule has 0 fully saturated rings. The second-order valence-electron chi connectivity index (χ2n) is 4.89. The Hall–Kier alpha value is -1.90. The molecule has 1 heterocycles. The van der Waals surface area contributed by atoms with Crippen LogP contribution in [-0.4, -0.2) is 51.2 Å². The highest BCUT2D eigenvalue weighted by Crippen LogP contribution is 2.14. The highest BCUT2D eigenvalue weighted by atomic mass is 16.5. The van der Waals surface area contributed by atoms with E-state index in [1.165, 1.54) is 16.8 Å². The van der Waals surface area contributed by atoms with Crippen molar-refractivity contribution in [3.8, 4) is 5.75 Å². The number of primary amides is 1. The summed E-state index contributed by atoms with van der Waals surface area (Å²) in [7, 11) is 0. The molecule has 22 heavy (non-hydrogen) atoms. The van der Waals surface area contributed by atoms with Crippen molar-refractivity contribution in [2.24, 2.45) is 5.73 Å². The predicted octanol–water partition coefficient (Wildman–Crippen LogP) is -1.16. The first-order valence-corrected chi connectivity index (χ1v) is 7.05. The fraction of sp³-hybridized carbons (Fsp3) is 0.571. The number of nitrogens with two attached hydrogens (primary N) is 1. The third-order valence-electron chi connectivity index (χ3n) is 3.12. The Balaban J connectivity index is 3.14. The van der Waals surface area contributed by atoms with Crippen LogP contribution in [0.25, 0.3) is 0 Å². The molecule has 124 valence electrons. The maximum absolute atomic E-state index is 11.9. The minimum atomic E-state index is -1.37. The zero-order valence-corrected chi connectivity index (χ0v) is 12.4. The molecule has 1 aromatic heterocycles. The standard InChI is InChI=1S/C14H22N2O6/c1-2-3-6-22-13-9(18)4-5-16(12(13)14(15)21)7-10(19)11(20)8-17/h4-5,10-11,17,19-20H,2-3,6-8H2,1H3,(H2,15,21). The summed E-state index contributed by atoms with van der Waals surface area (Å²) in [5.41, 5.74) is 4.64. The molecule has 0 radical (unpaired) electrons. The van der Waals surface area contributed by atoms with Gasteiger partial charge in [-0.15, -0.1) is 0 Å². The zero-order valence-electron chi connectivity index (χ0n) is 12.4. The van der Waals surface area contributed by atoms with Gasteiger partial charge in [0, 0.05) is 12.3 Å². The molecule has 0 aliphatic heterocycles. The molecule has 0 bridgehead atoms. The lowest BCUT2D eigenvalue weighted by molar-refractivity contribution is -0.0218. The van der Waals surface area contributed by atoms with Crippen molar-refractivity contribution in [1.82, 2.24) is 4.57 Å². The minimum Gasteiger partial charge on any atom is -0.487 e. The highest BCUT2D eigenvalue weighted by molar-refractivity contribution is 5.93. The number of hydrogen-bond acceptors (Lipinski definition) is 6. The highest BCUT2D eigenvalue weighted by Gasteiger charge is 2.22. The summed E-state index contributed by atoms with van der Waals surface area (Å²) < 4.78 is 6.58. The number of aromatic nitrogens is 1. The summed E-state index contributed by atoms with van der Waals surface area (Å²) in [6.45, 7) is 1.36. The van der Waals surface area contributed by atoms with E-state index in [0.29, 0.717) is 6.42 Å². The first kappa shape index (κ1) is 18.1. The molecule has 2 unspecified atom stereocenters. The van der Waals surface area contributed by atoms with E-state index in [1.807, 2.05) is 6.92 Å². The molecule has 0 aliphatic carbocycles. The van der Waals surface area contributed by atoms with Crippen LogP contribution in [0.1, 0.15) is 30.3 Å². The molecule has 1 aromatic rings. The number of rotatable bonds is 9. The van der Waals surface area contributed by atoms with Crippen molar-refractivity contribution in [3.05, 3.63) is 28.2 Å². The molecule has 0 spiro atoms. The molecule has 2 atom stereocenters. The van der Waals surface area contributed by atoms with Crippen molar-refractivity contribution in [2.75, 3.05) is 13.2 Å². The van der Waals surface area contributed by atoms with Crippen molar-refractivity contribution in [3.63, 3.8) is 0 Å². The van der Waals surface area contributed by atoms with Crippen LogP contribution in [0.15, 0.2) is 17.1 Å². The average molecular weight is 314 g/mol. The molecule has 0 saturated carbocycles. The summed E-state index contributed by atoms with van der Waals surface area (Å²) in [5, 5.41) is 28.0. The van der Waals surface area contributed by atoms with E-state index >= 15 is 0 Å². The molecular weight excluding hydrogens is 292 g/mol. The number of nitrogens with zero attached hydrogens (tertiary/aromatic N) is 1. The lowest BCUT2D eigenvalue weighted by Crippen LogP contribution is -2.35. The van der Waals surface area contributed by atoms with Crippen LogP contribution in [-0.2, 0) is 6.54 Å². The normalized spacial score (nSPS) is 13.6. The van der Waals surface area contributed by atoms with Gasteiger partial charge in [0.2, 0.25) is 5.43 Å². The average Bonchev–Trinajstić information content (AvgIpc) is 2.49. The first-order valence-electron chi connectivity index (χ1n) is 7.05. The summed E-state index contributed by atoms with van der Waals surface area (Å²) in [6, 6.07) is 1.19. The number of aliphatic hydroxyl groups excluding tert-OH is 3. The van der Waals surface area contributed by atoms with Crippen LogP contribution < -0.4 is 15.9 Å². The Morgan fingerprint density at radius 2 is 2.09 bits per heavy atom. The molecule has 0 aromatic carbocycles. The molecule has 0 aliphatic rings. The number of carbonyl (C=O) groups excluding carboxylic acids is 1. The Bertz CT molecular complexity index is 557. The quantitative estimate of drug-likeness (QED) is 0.425. The van der Waals surface area contributed by atoms with Gasteiger partial charge in [-0.2, -0.15) is 0 Å². The van der Waals surface area contributed by atoms with E-state index in [4.69, 9.17) is 15.6 Å². The Morgan fingerprint density at radius 3 is 2.64 bits per heavy atom. The van der Waals surface area contributed by atoms with E-state index in [2.05, 4.69) is 0 Å². The largest absolute Gasteiger partial charge is 0.487 e. The third kappa shape index (κ3) is 4.55. The van der Waals surface area contributed by atoms with Gasteiger partial charge in [0.25, 0.3) is 5.91 Å². The zero-order chi connectivity index (χ0) is 16.7. The van der Waals surface area contributed by atoms with Crippen molar-refractivity contribution in [1.29, 1.82) is 0 Å². The van der Waals surface area contributed by atoms with Crippen molar-refractivity contribution < 1.29 is 24.9 Å². The van der Waals surface area contributed by atoms with Gasteiger partial charge in [-0.05, 0) is 6.42 Å². The van der Waals surface area contributed by atoms with Crippen LogP contribution >= 0.6 is 0 Å². The second-order valence-corrected chi connectivity index (χ2v) is 4.89. The van der Waals surface area contributed by atoms with Crippen LogP contribution in [0.4, 0.5) is 0 Å². The molecule has 8 heteroatoms. The van der Waals surface area contributed by atoms with Gasteiger partial charge < -0.3 is 30.4 Å². The Labute approximate surface area is 127 Å². The molecule has 8 nitrogen and oxygen atoms in total. The van der Waals surface area contributed by atoms with E-state index < -0.39 is 30.2 Å². The Kier molecular flexibility index (Phi) is 7.03. The van der Waals surface area contributed by atoms with Gasteiger partial charge in [-0.1, -0.05) is 13.3 Å². The second kappa shape index (κ2) is 8.52. The van der Waals surface area contributed by atoms with E-state index in [9.17, 15) is 19.8 Å². The number of aliphatic hydroxyl groups is 3. The van der Waals surface area contributed by atoms with Crippen LogP contribution in [0, 0.1) is 0 Å². The van der Waals surface area contributed by atoms with E-state index in [1.54, 1.807) is 0 Å². The lowest BCUT2D eigenvalue weighted by atomic mass is 10.2.